The summed E-state index contributed by atoms with van der Waals surface area (Å²) in [6.07, 6.45) is 0.983. The molecule has 176 valence electrons. The highest BCUT2D eigenvalue weighted by Gasteiger charge is 2.29. The summed E-state index contributed by atoms with van der Waals surface area (Å²) < 4.78 is 5.55. The van der Waals surface area contributed by atoms with Gasteiger partial charge >= 0.3 is 12.1 Å². The summed E-state index contributed by atoms with van der Waals surface area (Å²) in [5.41, 5.74) is 4.69. The number of alkyl carbamates (subject to hydrolysis) is 1. The second kappa shape index (κ2) is 11.0. The molecule has 0 fully saturated rings. The molecule has 7 heteroatoms. The van der Waals surface area contributed by atoms with Crippen molar-refractivity contribution >= 4 is 18.0 Å². The minimum atomic E-state index is -0.941. The molecular formula is C26H32N2O5. The van der Waals surface area contributed by atoms with Crippen LogP contribution in [0.3, 0.4) is 0 Å². The number of fused-ring (bicyclic) bond motifs is 3. The maximum atomic E-state index is 12.3. The Morgan fingerprint density at radius 1 is 0.939 bits per heavy atom. The maximum absolute atomic E-state index is 12.3. The number of rotatable bonds is 10. The van der Waals surface area contributed by atoms with Gasteiger partial charge in [0.25, 0.3) is 0 Å². The van der Waals surface area contributed by atoms with Gasteiger partial charge in [0.2, 0.25) is 5.91 Å². The number of hydrogen-bond acceptors (Lipinski definition) is 4. The number of hydrogen-bond donors (Lipinski definition) is 3. The Balaban J connectivity index is 1.42. The third kappa shape index (κ3) is 6.12. The van der Waals surface area contributed by atoms with Gasteiger partial charge in [0.05, 0.1) is 5.92 Å². The smallest absolute Gasteiger partial charge is 0.407 e. The van der Waals surface area contributed by atoms with E-state index in [9.17, 15) is 14.4 Å². The number of benzene rings is 2. The Kier molecular flexibility index (Phi) is 8.09. The van der Waals surface area contributed by atoms with Crippen LogP contribution in [0.1, 0.15) is 57.1 Å². The first kappa shape index (κ1) is 24.3. The number of carbonyl (C=O) groups excluding carboxylic acids is 2. The van der Waals surface area contributed by atoms with Crippen LogP contribution >= 0.6 is 0 Å². The minimum absolute atomic E-state index is 0.0114. The first-order valence-electron chi connectivity index (χ1n) is 11.4. The number of amides is 2. The van der Waals surface area contributed by atoms with Crippen molar-refractivity contribution < 1.29 is 24.2 Å². The van der Waals surface area contributed by atoms with E-state index in [-0.39, 0.29) is 30.9 Å². The van der Waals surface area contributed by atoms with Crippen molar-refractivity contribution in [2.24, 2.45) is 5.92 Å². The molecular weight excluding hydrogens is 420 g/mol. The molecule has 1 aliphatic carbocycles. The van der Waals surface area contributed by atoms with E-state index in [1.807, 2.05) is 31.2 Å². The molecule has 0 heterocycles. The lowest BCUT2D eigenvalue weighted by Gasteiger charge is -2.19. The molecule has 3 atom stereocenters. The molecule has 33 heavy (non-hydrogen) atoms. The van der Waals surface area contributed by atoms with Crippen LogP contribution in [-0.2, 0) is 14.3 Å². The lowest BCUT2D eigenvalue weighted by Crippen LogP contribution is -2.40. The van der Waals surface area contributed by atoms with Crippen LogP contribution in [0.5, 0.6) is 0 Å². The fourth-order valence-electron chi connectivity index (χ4n) is 4.15. The number of ether oxygens (including phenoxy) is 1. The highest BCUT2D eigenvalue weighted by Crippen LogP contribution is 2.44. The zero-order valence-corrected chi connectivity index (χ0v) is 19.3. The number of carbonyl (C=O) groups is 3. The Bertz CT molecular complexity index is 960. The summed E-state index contributed by atoms with van der Waals surface area (Å²) in [5, 5.41) is 14.5. The molecule has 0 aromatic heterocycles. The molecule has 0 bridgehead atoms. The van der Waals surface area contributed by atoms with Gasteiger partial charge in [0, 0.05) is 24.4 Å². The molecule has 3 rings (SSSR count). The predicted octanol–water partition coefficient (Wildman–Crippen LogP) is 4.31. The second-order valence-electron chi connectivity index (χ2n) is 8.75. The van der Waals surface area contributed by atoms with Crippen molar-refractivity contribution in [3.05, 3.63) is 59.7 Å². The molecule has 7 nitrogen and oxygen atoms in total. The lowest BCUT2D eigenvalue weighted by molar-refractivity contribution is -0.142. The fourth-order valence-corrected chi connectivity index (χ4v) is 4.15. The van der Waals surface area contributed by atoms with E-state index < -0.39 is 24.0 Å². The van der Waals surface area contributed by atoms with E-state index in [2.05, 4.69) is 34.9 Å². The average molecular weight is 453 g/mol. The quantitative estimate of drug-likeness (QED) is 0.498. The molecule has 0 saturated heterocycles. The van der Waals surface area contributed by atoms with Gasteiger partial charge in [0.1, 0.15) is 6.61 Å². The van der Waals surface area contributed by atoms with E-state index in [1.165, 1.54) is 11.1 Å². The minimum Gasteiger partial charge on any atom is -0.481 e. The Morgan fingerprint density at radius 2 is 1.52 bits per heavy atom. The average Bonchev–Trinajstić information content (AvgIpc) is 3.10. The number of nitrogens with one attached hydrogen (secondary N) is 2. The molecule has 3 unspecified atom stereocenters. The molecule has 0 spiro atoms. The van der Waals surface area contributed by atoms with Crippen molar-refractivity contribution in [2.75, 3.05) is 6.61 Å². The van der Waals surface area contributed by atoms with Gasteiger partial charge in [-0.25, -0.2) is 4.79 Å². The Hall–Kier alpha value is -3.35. The van der Waals surface area contributed by atoms with Crippen LogP contribution in [0.4, 0.5) is 4.79 Å². The van der Waals surface area contributed by atoms with E-state index in [0.29, 0.717) is 12.8 Å². The molecule has 0 saturated carbocycles. The first-order valence-corrected chi connectivity index (χ1v) is 11.4. The van der Waals surface area contributed by atoms with Crippen LogP contribution in [0, 0.1) is 5.92 Å². The van der Waals surface area contributed by atoms with Crippen LogP contribution < -0.4 is 10.6 Å². The second-order valence-corrected chi connectivity index (χ2v) is 8.75. The van der Waals surface area contributed by atoms with E-state index >= 15 is 0 Å². The van der Waals surface area contributed by atoms with Gasteiger partial charge in [-0.15, -0.1) is 0 Å². The molecule has 3 N–H and O–H groups in total. The van der Waals surface area contributed by atoms with Crippen LogP contribution in [0.15, 0.2) is 48.5 Å². The zero-order valence-electron chi connectivity index (χ0n) is 19.3. The standard InChI is InChI=1S/C26H32N2O5/c1-16(9-8-14-24(29)28-18(3)17(2)25(30)31)27-26(32)33-15-23-21-12-6-4-10-19(21)20-11-5-7-13-22(20)23/h4-7,10-13,16-18,23H,8-9,14-15H2,1-3H3,(H,27,32)(H,28,29)(H,30,31). The van der Waals surface area contributed by atoms with Gasteiger partial charge in [-0.2, -0.15) is 0 Å². The third-order valence-electron chi connectivity index (χ3n) is 6.28. The van der Waals surface area contributed by atoms with Crippen molar-refractivity contribution in [1.82, 2.24) is 10.6 Å². The van der Waals surface area contributed by atoms with E-state index in [1.54, 1.807) is 13.8 Å². The molecule has 0 radical (unpaired) electrons. The summed E-state index contributed by atoms with van der Waals surface area (Å²) >= 11 is 0. The monoisotopic (exact) mass is 452 g/mol. The zero-order chi connectivity index (χ0) is 24.0. The first-order chi connectivity index (χ1) is 15.8. The normalized spacial score (nSPS) is 15.0. The maximum Gasteiger partial charge on any atom is 0.407 e. The van der Waals surface area contributed by atoms with E-state index in [0.717, 1.165) is 11.1 Å². The van der Waals surface area contributed by atoms with E-state index in [4.69, 9.17) is 9.84 Å². The molecule has 0 aliphatic heterocycles. The summed E-state index contributed by atoms with van der Waals surface area (Å²) in [6, 6.07) is 15.8. The summed E-state index contributed by atoms with van der Waals surface area (Å²) in [7, 11) is 0. The lowest BCUT2D eigenvalue weighted by atomic mass is 9.98. The number of aliphatic carboxylic acids is 1. The summed E-state index contributed by atoms with van der Waals surface area (Å²) in [6.45, 7) is 5.37. The SMILES string of the molecule is CC(CCCC(=O)NC(C)C(C)C(=O)O)NC(=O)OCC1c2ccccc2-c2ccccc21. The highest BCUT2D eigenvalue weighted by molar-refractivity contribution is 5.79. The molecule has 2 amide bonds. The van der Waals surface area contributed by atoms with Crippen LogP contribution in [-0.4, -0.2) is 41.8 Å². The topological polar surface area (TPSA) is 105 Å². The Morgan fingerprint density at radius 3 is 2.09 bits per heavy atom. The third-order valence-corrected chi connectivity index (χ3v) is 6.28. The Labute approximate surface area is 194 Å². The summed E-state index contributed by atoms with van der Waals surface area (Å²) in [4.78, 5) is 35.3. The van der Waals surface area contributed by atoms with Crippen molar-refractivity contribution in [3.8, 4) is 11.1 Å². The van der Waals surface area contributed by atoms with Gasteiger partial charge in [-0.3, -0.25) is 9.59 Å². The van der Waals surface area contributed by atoms with Crippen molar-refractivity contribution in [1.29, 1.82) is 0 Å². The van der Waals surface area contributed by atoms with Crippen molar-refractivity contribution in [2.45, 2.75) is 58.0 Å². The largest absolute Gasteiger partial charge is 0.481 e. The van der Waals surface area contributed by atoms with Gasteiger partial charge < -0.3 is 20.5 Å². The predicted molar refractivity (Wildman–Crippen MR) is 126 cm³/mol. The van der Waals surface area contributed by atoms with Gasteiger partial charge in [-0.05, 0) is 55.9 Å². The van der Waals surface area contributed by atoms with Crippen LogP contribution in [0.2, 0.25) is 0 Å². The van der Waals surface area contributed by atoms with Crippen molar-refractivity contribution in [3.63, 3.8) is 0 Å². The molecule has 1 aliphatic rings. The number of carboxylic acid groups (broad SMARTS) is 1. The van der Waals surface area contributed by atoms with Crippen LogP contribution in [0.25, 0.3) is 11.1 Å². The fraction of sp³-hybridized carbons (Fsp3) is 0.423. The summed E-state index contributed by atoms with van der Waals surface area (Å²) in [5.74, 6) is -1.77. The molecule has 2 aromatic carbocycles. The number of carboxylic acids is 1. The molecule has 2 aromatic rings. The van der Waals surface area contributed by atoms with Gasteiger partial charge in [-0.1, -0.05) is 48.5 Å². The van der Waals surface area contributed by atoms with Gasteiger partial charge in [0.15, 0.2) is 0 Å². The highest BCUT2D eigenvalue weighted by atomic mass is 16.5.